The number of carbonyl (C=O) groups is 2. The lowest BCUT2D eigenvalue weighted by atomic mass is 10.1. The van der Waals surface area contributed by atoms with Gasteiger partial charge in [-0.2, -0.15) is 0 Å². The zero-order valence-electron chi connectivity index (χ0n) is 8.19. The van der Waals surface area contributed by atoms with Crippen molar-refractivity contribution in [1.29, 1.82) is 0 Å². The third kappa shape index (κ3) is 1.29. The highest BCUT2D eigenvalue weighted by molar-refractivity contribution is 7.17. The minimum Gasteiger partial charge on any atom is -0.322 e. The van der Waals surface area contributed by atoms with Crippen LogP contribution in [0.4, 0.5) is 4.79 Å². The fourth-order valence-corrected chi connectivity index (χ4v) is 2.84. The molecule has 0 unspecified atom stereocenters. The molecule has 1 saturated heterocycles. The Hall–Kier alpha value is -1.88. The zero-order chi connectivity index (χ0) is 11.1. The molecule has 3 amide bonds. The van der Waals surface area contributed by atoms with E-state index in [4.69, 9.17) is 0 Å². The summed E-state index contributed by atoms with van der Waals surface area (Å²) in [5.74, 6) is -0.284. The Morgan fingerprint density at radius 3 is 2.75 bits per heavy atom. The number of hydrogen-bond acceptors (Lipinski definition) is 3. The number of imide groups is 1. The van der Waals surface area contributed by atoms with E-state index in [-0.39, 0.29) is 5.91 Å². The molecule has 3 rings (SSSR count). The monoisotopic (exact) mass is 232 g/mol. The van der Waals surface area contributed by atoms with Crippen molar-refractivity contribution >= 4 is 33.4 Å². The first-order chi connectivity index (χ1) is 7.75. The van der Waals surface area contributed by atoms with E-state index in [9.17, 15) is 9.59 Å². The molecule has 1 fully saturated rings. The number of benzene rings is 1. The Kier molecular flexibility index (Phi) is 1.94. The summed E-state index contributed by atoms with van der Waals surface area (Å²) in [6.07, 6.45) is 0. The van der Waals surface area contributed by atoms with Crippen LogP contribution in [0.15, 0.2) is 29.6 Å². The predicted octanol–water partition coefficient (Wildman–Crippen LogP) is 1.78. The van der Waals surface area contributed by atoms with Gasteiger partial charge in [0.15, 0.2) is 0 Å². The van der Waals surface area contributed by atoms with Crippen LogP contribution < -0.4 is 10.6 Å². The van der Waals surface area contributed by atoms with Crippen LogP contribution in [0.2, 0.25) is 0 Å². The van der Waals surface area contributed by atoms with Gasteiger partial charge in [-0.3, -0.25) is 10.1 Å². The minimum atomic E-state index is -0.552. The van der Waals surface area contributed by atoms with Crippen molar-refractivity contribution in [2.24, 2.45) is 0 Å². The molecule has 2 heterocycles. The van der Waals surface area contributed by atoms with Crippen LogP contribution in [0.5, 0.6) is 0 Å². The Labute approximate surface area is 95.3 Å². The maximum Gasteiger partial charge on any atom is 0.322 e. The number of rotatable bonds is 1. The van der Waals surface area contributed by atoms with Gasteiger partial charge >= 0.3 is 6.03 Å². The van der Waals surface area contributed by atoms with Crippen molar-refractivity contribution in [2.45, 2.75) is 6.04 Å². The Morgan fingerprint density at radius 2 is 2.00 bits per heavy atom. The van der Waals surface area contributed by atoms with Crippen molar-refractivity contribution < 1.29 is 9.59 Å². The van der Waals surface area contributed by atoms with Crippen LogP contribution in [0.3, 0.4) is 0 Å². The second-order valence-corrected chi connectivity index (χ2v) is 4.49. The van der Waals surface area contributed by atoms with E-state index in [0.717, 1.165) is 15.6 Å². The molecule has 4 nitrogen and oxygen atoms in total. The van der Waals surface area contributed by atoms with Crippen molar-refractivity contribution in [3.8, 4) is 0 Å². The second kappa shape index (κ2) is 3.31. The molecule has 0 radical (unpaired) electrons. The Balaban J connectivity index is 2.13. The van der Waals surface area contributed by atoms with Gasteiger partial charge in [0.2, 0.25) is 0 Å². The quantitative estimate of drug-likeness (QED) is 0.736. The van der Waals surface area contributed by atoms with E-state index < -0.39 is 12.1 Å². The summed E-state index contributed by atoms with van der Waals surface area (Å²) in [4.78, 5) is 22.6. The molecule has 16 heavy (non-hydrogen) atoms. The summed E-state index contributed by atoms with van der Waals surface area (Å²) in [7, 11) is 0. The maximum atomic E-state index is 11.5. The molecule has 1 aliphatic rings. The molecule has 5 heteroatoms. The topological polar surface area (TPSA) is 58.2 Å². The predicted molar refractivity (Wildman–Crippen MR) is 61.2 cm³/mol. The van der Waals surface area contributed by atoms with Crippen molar-refractivity contribution in [3.05, 3.63) is 35.2 Å². The summed E-state index contributed by atoms with van der Waals surface area (Å²) in [6.45, 7) is 0. The highest BCUT2D eigenvalue weighted by Gasteiger charge is 2.32. The van der Waals surface area contributed by atoms with E-state index in [2.05, 4.69) is 10.6 Å². The van der Waals surface area contributed by atoms with Gasteiger partial charge in [0, 0.05) is 10.3 Å². The largest absolute Gasteiger partial charge is 0.322 e. The van der Waals surface area contributed by atoms with Crippen molar-refractivity contribution in [2.75, 3.05) is 0 Å². The van der Waals surface area contributed by atoms with Gasteiger partial charge in [-0.15, -0.1) is 11.3 Å². The minimum absolute atomic E-state index is 0.284. The number of urea groups is 1. The van der Waals surface area contributed by atoms with Crippen LogP contribution in [0.25, 0.3) is 10.1 Å². The number of amides is 3. The lowest BCUT2D eigenvalue weighted by molar-refractivity contribution is -0.120. The first-order valence-electron chi connectivity index (χ1n) is 4.83. The Morgan fingerprint density at radius 1 is 1.19 bits per heavy atom. The van der Waals surface area contributed by atoms with Gasteiger partial charge < -0.3 is 5.32 Å². The summed E-state index contributed by atoms with van der Waals surface area (Å²) in [5, 5.41) is 7.78. The second-order valence-electron chi connectivity index (χ2n) is 3.58. The molecule has 1 atom stereocenters. The molecule has 2 aromatic rings. The van der Waals surface area contributed by atoms with Crippen LogP contribution in [0.1, 0.15) is 11.6 Å². The SMILES string of the molecule is O=C1NC(=O)[C@H](c2csc3ccccc23)N1. The first kappa shape index (κ1) is 9.35. The van der Waals surface area contributed by atoms with E-state index in [0.29, 0.717) is 0 Å². The average molecular weight is 232 g/mol. The van der Waals surface area contributed by atoms with Crippen molar-refractivity contribution in [1.82, 2.24) is 10.6 Å². The molecular formula is C11H8N2O2S. The van der Waals surface area contributed by atoms with Crippen LogP contribution in [-0.4, -0.2) is 11.9 Å². The molecule has 1 aromatic heterocycles. The summed E-state index contributed by atoms with van der Waals surface area (Å²) < 4.78 is 1.12. The van der Waals surface area contributed by atoms with Gasteiger partial charge in [0.1, 0.15) is 6.04 Å². The summed E-state index contributed by atoms with van der Waals surface area (Å²) in [5.41, 5.74) is 0.865. The molecule has 0 bridgehead atoms. The fraction of sp³-hybridized carbons (Fsp3) is 0.0909. The third-order valence-electron chi connectivity index (χ3n) is 2.60. The molecule has 1 aliphatic heterocycles. The number of hydrogen-bond donors (Lipinski definition) is 2. The smallest absolute Gasteiger partial charge is 0.322 e. The average Bonchev–Trinajstić information content (AvgIpc) is 2.81. The standard InChI is InChI=1S/C11H8N2O2S/c14-10-9(12-11(15)13-10)7-5-16-8-4-2-1-3-6(7)8/h1-5,9H,(H2,12,13,14,15)/t9-/m0/s1. The van der Waals surface area contributed by atoms with Gasteiger partial charge in [0.05, 0.1) is 0 Å². The molecule has 0 saturated carbocycles. The first-order valence-corrected chi connectivity index (χ1v) is 5.71. The van der Waals surface area contributed by atoms with Gasteiger partial charge in [-0.25, -0.2) is 4.79 Å². The molecule has 0 aliphatic carbocycles. The lowest BCUT2D eigenvalue weighted by Crippen LogP contribution is -2.22. The van der Waals surface area contributed by atoms with Crippen LogP contribution >= 0.6 is 11.3 Å². The van der Waals surface area contributed by atoms with E-state index >= 15 is 0 Å². The third-order valence-corrected chi connectivity index (χ3v) is 3.58. The fourth-order valence-electron chi connectivity index (χ4n) is 1.86. The van der Waals surface area contributed by atoms with Crippen LogP contribution in [0, 0.1) is 0 Å². The number of carbonyl (C=O) groups excluding carboxylic acids is 2. The molecule has 80 valence electrons. The molecule has 0 spiro atoms. The van der Waals surface area contributed by atoms with Gasteiger partial charge in [-0.05, 0) is 16.8 Å². The zero-order valence-corrected chi connectivity index (χ0v) is 9.01. The number of thiophene rings is 1. The normalized spacial score (nSPS) is 19.9. The summed E-state index contributed by atoms with van der Waals surface area (Å²) >= 11 is 1.57. The van der Waals surface area contributed by atoms with Gasteiger partial charge in [-0.1, -0.05) is 18.2 Å². The Bertz CT molecular complexity index is 590. The van der Waals surface area contributed by atoms with E-state index in [1.165, 1.54) is 0 Å². The number of fused-ring (bicyclic) bond motifs is 1. The molecule has 2 N–H and O–H groups in total. The lowest BCUT2D eigenvalue weighted by Gasteiger charge is -2.05. The van der Waals surface area contributed by atoms with Crippen LogP contribution in [-0.2, 0) is 4.79 Å². The van der Waals surface area contributed by atoms with E-state index in [1.54, 1.807) is 11.3 Å². The molecule has 1 aromatic carbocycles. The molecular weight excluding hydrogens is 224 g/mol. The van der Waals surface area contributed by atoms with Crippen molar-refractivity contribution in [3.63, 3.8) is 0 Å². The highest BCUT2D eigenvalue weighted by atomic mass is 32.1. The maximum absolute atomic E-state index is 11.5. The number of nitrogens with one attached hydrogen (secondary N) is 2. The van der Waals surface area contributed by atoms with E-state index in [1.807, 2.05) is 29.6 Å². The van der Waals surface area contributed by atoms with Gasteiger partial charge in [0.25, 0.3) is 5.91 Å². The highest BCUT2D eigenvalue weighted by Crippen LogP contribution is 2.31. The summed E-state index contributed by atoms with van der Waals surface area (Å²) in [6, 6.07) is 6.86.